The number of hydrogen-bond donors (Lipinski definition) is 1. The van der Waals surface area contributed by atoms with Crippen LogP contribution in [0.25, 0.3) is 22.0 Å². The highest BCUT2D eigenvalue weighted by Crippen LogP contribution is 2.34. The second-order valence-corrected chi connectivity index (χ2v) is 10.2. The van der Waals surface area contributed by atoms with Crippen molar-refractivity contribution >= 4 is 16.8 Å². The van der Waals surface area contributed by atoms with Crippen LogP contribution < -0.4 is 14.2 Å². The summed E-state index contributed by atoms with van der Waals surface area (Å²) in [5, 5.41) is 1.01. The van der Waals surface area contributed by atoms with Gasteiger partial charge >= 0.3 is 0 Å². The Hall–Kier alpha value is -3.93. The molecule has 1 N–H and O–H groups in total. The normalized spacial score (nSPS) is 13.4. The Morgan fingerprint density at radius 2 is 1.53 bits per heavy atom. The van der Waals surface area contributed by atoms with E-state index in [0.29, 0.717) is 24.5 Å². The Balaban J connectivity index is 1.36. The van der Waals surface area contributed by atoms with Gasteiger partial charge in [-0.3, -0.25) is 4.79 Å². The van der Waals surface area contributed by atoms with Crippen molar-refractivity contribution in [3.05, 3.63) is 77.5 Å². The minimum absolute atomic E-state index is 0.00290. The van der Waals surface area contributed by atoms with Crippen molar-refractivity contribution in [1.82, 2.24) is 9.88 Å². The first kappa shape index (κ1) is 23.8. The van der Waals surface area contributed by atoms with Gasteiger partial charge < -0.3 is 24.1 Å². The summed E-state index contributed by atoms with van der Waals surface area (Å²) in [6.45, 7) is 7.31. The van der Waals surface area contributed by atoms with Crippen LogP contribution in [0.3, 0.4) is 0 Å². The lowest BCUT2D eigenvalue weighted by Crippen LogP contribution is -2.36. The second kappa shape index (κ2) is 9.26. The summed E-state index contributed by atoms with van der Waals surface area (Å²) >= 11 is 0. The quantitative estimate of drug-likeness (QED) is 0.365. The average molecular weight is 485 g/mol. The van der Waals surface area contributed by atoms with Crippen LogP contribution in [0.4, 0.5) is 0 Å². The number of rotatable bonds is 5. The van der Waals surface area contributed by atoms with E-state index in [0.717, 1.165) is 45.5 Å². The number of carbonyl (C=O) groups excluding carboxylic acids is 1. The average Bonchev–Trinajstić information content (AvgIpc) is 3.30. The molecule has 0 saturated heterocycles. The summed E-state index contributed by atoms with van der Waals surface area (Å²) in [4.78, 5) is 18.6. The Morgan fingerprint density at radius 1 is 0.861 bits per heavy atom. The van der Waals surface area contributed by atoms with Crippen molar-refractivity contribution in [2.75, 3.05) is 20.8 Å². The Labute approximate surface area is 211 Å². The number of ether oxygens (including phenoxy) is 3. The fourth-order valence-corrected chi connectivity index (χ4v) is 4.72. The minimum atomic E-state index is -0.232. The lowest BCUT2D eigenvalue weighted by molar-refractivity contribution is 0.0729. The smallest absolute Gasteiger partial charge is 0.270 e. The number of carbonyl (C=O) groups is 1. The summed E-state index contributed by atoms with van der Waals surface area (Å²) < 4.78 is 16.8. The van der Waals surface area contributed by atoms with Crippen LogP contribution in [-0.4, -0.2) is 42.2 Å². The number of fused-ring (bicyclic) bond motifs is 2. The monoisotopic (exact) mass is 484 g/mol. The molecule has 0 atom stereocenters. The molecule has 0 radical (unpaired) electrons. The van der Waals surface area contributed by atoms with E-state index >= 15 is 0 Å². The van der Waals surface area contributed by atoms with E-state index in [1.54, 1.807) is 14.2 Å². The molecule has 1 aliphatic heterocycles. The molecule has 0 saturated carbocycles. The third kappa shape index (κ3) is 4.76. The van der Waals surface area contributed by atoms with Crippen LogP contribution in [0, 0.1) is 0 Å². The van der Waals surface area contributed by atoms with Gasteiger partial charge in [0.1, 0.15) is 17.0 Å². The third-order valence-corrected chi connectivity index (χ3v) is 6.47. The summed E-state index contributed by atoms with van der Waals surface area (Å²) in [5.41, 5.74) is 5.78. The van der Waals surface area contributed by atoms with Crippen molar-refractivity contribution in [1.29, 1.82) is 0 Å². The Bertz CT molecular complexity index is 1410. The van der Waals surface area contributed by atoms with Crippen molar-refractivity contribution in [3.63, 3.8) is 0 Å². The molecular formula is C30H32N2O4. The van der Waals surface area contributed by atoms with Crippen molar-refractivity contribution < 1.29 is 19.0 Å². The third-order valence-electron chi connectivity index (χ3n) is 6.47. The van der Waals surface area contributed by atoms with Crippen LogP contribution in [0.5, 0.6) is 17.2 Å². The molecule has 0 bridgehead atoms. The molecule has 2 heterocycles. The van der Waals surface area contributed by atoms with Crippen molar-refractivity contribution in [2.24, 2.45) is 0 Å². The molecule has 4 aromatic rings. The van der Waals surface area contributed by atoms with E-state index in [1.807, 2.05) is 62.1 Å². The standard InChI is InChI=1S/C30H32N2O4/c1-30(2,3)36-24-9-6-19(7-10-24)20-8-11-25-22(14-20)15-26(31-25)29(33)32-13-12-21-16-27(34-4)28(35-5)17-23(21)18-32/h6-11,14-17,31H,12-13,18H2,1-5H3. The van der Waals surface area contributed by atoms with E-state index in [9.17, 15) is 4.79 Å². The van der Waals surface area contributed by atoms with Gasteiger partial charge in [0.25, 0.3) is 5.91 Å². The Kier molecular flexibility index (Phi) is 6.12. The lowest BCUT2D eigenvalue weighted by Gasteiger charge is -2.29. The SMILES string of the molecule is COc1cc2c(cc1OC)CN(C(=O)c1cc3cc(-c4ccc(OC(C)(C)C)cc4)ccc3[nH]1)CC2. The molecule has 0 fully saturated rings. The van der Waals surface area contributed by atoms with Gasteiger partial charge in [0.05, 0.1) is 14.2 Å². The number of methoxy groups -OCH3 is 2. The first-order chi connectivity index (χ1) is 17.2. The molecule has 3 aromatic carbocycles. The molecule has 1 aliphatic rings. The largest absolute Gasteiger partial charge is 0.493 e. The molecule has 6 heteroatoms. The first-order valence-electron chi connectivity index (χ1n) is 12.2. The number of nitrogens with zero attached hydrogens (tertiary/aromatic N) is 1. The zero-order valence-corrected chi connectivity index (χ0v) is 21.5. The molecule has 0 unspecified atom stereocenters. The van der Waals surface area contributed by atoms with Gasteiger partial charge in [0.15, 0.2) is 11.5 Å². The molecule has 36 heavy (non-hydrogen) atoms. The number of aromatic amines is 1. The van der Waals surface area contributed by atoms with E-state index in [-0.39, 0.29) is 11.5 Å². The number of aromatic nitrogens is 1. The second-order valence-electron chi connectivity index (χ2n) is 10.2. The van der Waals surface area contributed by atoms with Gasteiger partial charge in [0.2, 0.25) is 0 Å². The molecule has 0 spiro atoms. The minimum Gasteiger partial charge on any atom is -0.493 e. The maximum Gasteiger partial charge on any atom is 0.270 e. The van der Waals surface area contributed by atoms with Gasteiger partial charge in [-0.1, -0.05) is 18.2 Å². The topological polar surface area (TPSA) is 63.8 Å². The summed E-state index contributed by atoms with van der Waals surface area (Å²) in [5.74, 6) is 2.25. The lowest BCUT2D eigenvalue weighted by atomic mass is 9.98. The molecule has 6 nitrogen and oxygen atoms in total. The number of hydrogen-bond acceptors (Lipinski definition) is 4. The highest BCUT2D eigenvalue weighted by Gasteiger charge is 2.25. The first-order valence-corrected chi connectivity index (χ1v) is 12.2. The van der Waals surface area contributed by atoms with E-state index in [1.165, 1.54) is 5.56 Å². The summed E-state index contributed by atoms with van der Waals surface area (Å²) in [6, 6.07) is 20.3. The van der Waals surface area contributed by atoms with Crippen LogP contribution in [0.1, 0.15) is 42.4 Å². The zero-order valence-electron chi connectivity index (χ0n) is 21.5. The molecular weight excluding hydrogens is 452 g/mol. The number of H-pyrrole nitrogens is 1. The van der Waals surface area contributed by atoms with Crippen LogP contribution in [-0.2, 0) is 13.0 Å². The van der Waals surface area contributed by atoms with Crippen molar-refractivity contribution in [3.8, 4) is 28.4 Å². The van der Waals surface area contributed by atoms with Crippen LogP contribution in [0.15, 0.2) is 60.7 Å². The molecule has 186 valence electrons. The molecule has 1 aromatic heterocycles. The molecule has 0 aliphatic carbocycles. The number of amides is 1. The van der Waals surface area contributed by atoms with Gasteiger partial charge in [0, 0.05) is 24.0 Å². The van der Waals surface area contributed by atoms with E-state index < -0.39 is 0 Å². The van der Waals surface area contributed by atoms with Gasteiger partial charge in [-0.05, 0) is 91.9 Å². The number of benzene rings is 3. The predicted octanol–water partition coefficient (Wildman–Crippen LogP) is 6.23. The van der Waals surface area contributed by atoms with E-state index in [4.69, 9.17) is 14.2 Å². The van der Waals surface area contributed by atoms with Gasteiger partial charge in [-0.25, -0.2) is 0 Å². The predicted molar refractivity (Wildman–Crippen MR) is 142 cm³/mol. The number of nitrogens with one attached hydrogen (secondary N) is 1. The maximum atomic E-state index is 13.4. The molecule has 5 rings (SSSR count). The summed E-state index contributed by atoms with van der Waals surface area (Å²) in [7, 11) is 3.27. The zero-order chi connectivity index (χ0) is 25.4. The Morgan fingerprint density at radius 3 is 2.19 bits per heavy atom. The van der Waals surface area contributed by atoms with Crippen LogP contribution in [0.2, 0.25) is 0 Å². The van der Waals surface area contributed by atoms with E-state index in [2.05, 4.69) is 29.2 Å². The van der Waals surface area contributed by atoms with Crippen molar-refractivity contribution in [2.45, 2.75) is 39.3 Å². The fraction of sp³-hybridized carbons (Fsp3) is 0.300. The summed E-state index contributed by atoms with van der Waals surface area (Å²) in [6.07, 6.45) is 0.778. The molecule has 1 amide bonds. The van der Waals surface area contributed by atoms with Gasteiger partial charge in [-0.2, -0.15) is 0 Å². The fourth-order valence-electron chi connectivity index (χ4n) is 4.72. The highest BCUT2D eigenvalue weighted by atomic mass is 16.5. The highest BCUT2D eigenvalue weighted by molar-refractivity contribution is 5.99. The van der Waals surface area contributed by atoms with Gasteiger partial charge in [-0.15, -0.1) is 0 Å². The maximum absolute atomic E-state index is 13.4. The van der Waals surface area contributed by atoms with Crippen LogP contribution >= 0.6 is 0 Å².